The van der Waals surface area contributed by atoms with Crippen molar-refractivity contribution in [3.63, 3.8) is 0 Å². The van der Waals surface area contributed by atoms with Gasteiger partial charge in [-0.3, -0.25) is 4.79 Å². The minimum Gasteiger partial charge on any atom is -0.497 e. The van der Waals surface area contributed by atoms with Gasteiger partial charge in [-0.05, 0) is 49.4 Å². The van der Waals surface area contributed by atoms with Crippen molar-refractivity contribution >= 4 is 29.0 Å². The summed E-state index contributed by atoms with van der Waals surface area (Å²) in [4.78, 5) is 24.3. The third kappa shape index (κ3) is 4.02. The summed E-state index contributed by atoms with van der Waals surface area (Å²) < 4.78 is 10.2. The Balaban J connectivity index is 2.07. The minimum absolute atomic E-state index is 0.237. The van der Waals surface area contributed by atoms with Gasteiger partial charge in [0.05, 0.1) is 23.4 Å². The smallest absolute Gasteiger partial charge is 0.338 e. The Morgan fingerprint density at radius 2 is 1.70 bits per heavy atom. The number of esters is 1. The lowest BCUT2D eigenvalue weighted by Gasteiger charge is -2.13. The Morgan fingerprint density at radius 3 is 2.26 bits per heavy atom. The van der Waals surface area contributed by atoms with Crippen LogP contribution in [-0.2, 0) is 4.74 Å². The Hall–Kier alpha value is -2.53. The van der Waals surface area contributed by atoms with Crippen LogP contribution in [-0.4, -0.2) is 25.0 Å². The molecule has 0 fully saturated rings. The Labute approximate surface area is 139 Å². The van der Waals surface area contributed by atoms with Gasteiger partial charge in [0.2, 0.25) is 5.78 Å². The standard InChI is InChI=1S/C17H16ClNO4/c1-10(16(20)11-3-6-13(22-2)7-4-11)23-17(21)12-5-8-14(18)15(19)9-12/h3-10H,19H2,1-2H3/t10-/m0/s1. The molecule has 0 bridgehead atoms. The molecule has 0 saturated heterocycles. The van der Waals surface area contributed by atoms with Crippen LogP contribution in [0.25, 0.3) is 0 Å². The summed E-state index contributed by atoms with van der Waals surface area (Å²) >= 11 is 5.80. The molecule has 0 heterocycles. The predicted octanol–water partition coefficient (Wildman–Crippen LogP) is 3.36. The zero-order chi connectivity index (χ0) is 17.0. The number of rotatable bonds is 5. The van der Waals surface area contributed by atoms with Crippen LogP contribution in [0, 0.1) is 0 Å². The molecule has 1 atom stereocenters. The average molecular weight is 334 g/mol. The van der Waals surface area contributed by atoms with E-state index in [1.54, 1.807) is 31.4 Å². The summed E-state index contributed by atoms with van der Waals surface area (Å²) in [6.45, 7) is 1.52. The molecule has 0 radical (unpaired) electrons. The number of ether oxygens (including phenoxy) is 2. The number of carbonyl (C=O) groups excluding carboxylic acids is 2. The highest BCUT2D eigenvalue weighted by Gasteiger charge is 2.20. The zero-order valence-corrected chi connectivity index (χ0v) is 13.5. The van der Waals surface area contributed by atoms with Gasteiger partial charge in [-0.2, -0.15) is 0 Å². The van der Waals surface area contributed by atoms with Crippen LogP contribution >= 0.6 is 11.6 Å². The molecule has 6 heteroatoms. The number of halogens is 1. The molecule has 5 nitrogen and oxygen atoms in total. The first kappa shape index (κ1) is 16.8. The fourth-order valence-electron chi connectivity index (χ4n) is 1.94. The molecule has 0 amide bonds. The van der Waals surface area contributed by atoms with Gasteiger partial charge in [0, 0.05) is 5.56 Å². The van der Waals surface area contributed by atoms with Crippen molar-refractivity contribution in [1.29, 1.82) is 0 Å². The van der Waals surface area contributed by atoms with Crippen molar-refractivity contribution in [3.05, 3.63) is 58.6 Å². The molecule has 0 unspecified atom stereocenters. The average Bonchev–Trinajstić information content (AvgIpc) is 2.56. The number of carbonyl (C=O) groups is 2. The van der Waals surface area contributed by atoms with Gasteiger partial charge >= 0.3 is 5.97 Å². The van der Waals surface area contributed by atoms with Gasteiger partial charge in [0.25, 0.3) is 0 Å². The van der Waals surface area contributed by atoms with Crippen LogP contribution in [0.3, 0.4) is 0 Å². The van der Waals surface area contributed by atoms with Gasteiger partial charge < -0.3 is 15.2 Å². The van der Waals surface area contributed by atoms with E-state index in [9.17, 15) is 9.59 Å². The third-order valence-corrected chi connectivity index (χ3v) is 3.60. The topological polar surface area (TPSA) is 78.6 Å². The molecular weight excluding hydrogens is 318 g/mol. The summed E-state index contributed by atoms with van der Waals surface area (Å²) in [5.41, 5.74) is 6.59. The fraction of sp³-hybridized carbons (Fsp3) is 0.176. The second kappa shape index (κ2) is 7.15. The predicted molar refractivity (Wildman–Crippen MR) is 88.1 cm³/mol. The molecular formula is C17H16ClNO4. The van der Waals surface area contributed by atoms with Crippen LogP contribution < -0.4 is 10.5 Å². The van der Waals surface area contributed by atoms with E-state index in [4.69, 9.17) is 26.8 Å². The molecule has 2 aromatic rings. The van der Waals surface area contributed by atoms with Gasteiger partial charge in [-0.1, -0.05) is 11.6 Å². The van der Waals surface area contributed by atoms with E-state index in [1.807, 2.05) is 0 Å². The SMILES string of the molecule is COc1ccc(C(=O)[C@H](C)OC(=O)c2ccc(Cl)c(N)c2)cc1. The third-order valence-electron chi connectivity index (χ3n) is 3.26. The maximum atomic E-state index is 12.3. The molecule has 23 heavy (non-hydrogen) atoms. The first-order valence-electron chi connectivity index (χ1n) is 6.86. The van der Waals surface area contributed by atoms with Crippen molar-refractivity contribution in [1.82, 2.24) is 0 Å². The van der Waals surface area contributed by atoms with E-state index >= 15 is 0 Å². The van der Waals surface area contributed by atoms with E-state index in [-0.39, 0.29) is 17.0 Å². The van der Waals surface area contributed by atoms with Gasteiger partial charge in [0.1, 0.15) is 5.75 Å². The lowest BCUT2D eigenvalue weighted by Crippen LogP contribution is -2.24. The summed E-state index contributed by atoms with van der Waals surface area (Å²) in [5, 5.41) is 0.351. The summed E-state index contributed by atoms with van der Waals surface area (Å²) in [7, 11) is 1.54. The van der Waals surface area contributed by atoms with Crippen LogP contribution in [0.5, 0.6) is 5.75 Å². The normalized spacial score (nSPS) is 11.6. The molecule has 0 aliphatic heterocycles. The molecule has 0 spiro atoms. The zero-order valence-electron chi connectivity index (χ0n) is 12.7. The van der Waals surface area contributed by atoms with Crippen molar-refractivity contribution < 1.29 is 19.1 Å². The Kier molecular flexibility index (Phi) is 5.24. The van der Waals surface area contributed by atoms with E-state index in [0.717, 1.165) is 0 Å². The molecule has 0 aliphatic carbocycles. The number of nitrogens with two attached hydrogens (primary N) is 1. The van der Waals surface area contributed by atoms with Crippen LogP contribution in [0.4, 0.5) is 5.69 Å². The number of ketones is 1. The summed E-state index contributed by atoms with van der Waals surface area (Å²) in [5.74, 6) is -0.298. The maximum Gasteiger partial charge on any atom is 0.338 e. The molecule has 120 valence electrons. The highest BCUT2D eigenvalue weighted by molar-refractivity contribution is 6.33. The fourth-order valence-corrected chi connectivity index (χ4v) is 2.06. The molecule has 0 aliphatic rings. The number of nitrogen functional groups attached to an aromatic ring is 1. The van der Waals surface area contributed by atoms with Crippen LogP contribution in [0.2, 0.25) is 5.02 Å². The molecule has 2 aromatic carbocycles. The van der Waals surface area contributed by atoms with E-state index in [1.165, 1.54) is 25.1 Å². The lowest BCUT2D eigenvalue weighted by molar-refractivity contribution is 0.0319. The molecule has 2 rings (SSSR count). The first-order valence-corrected chi connectivity index (χ1v) is 7.24. The Morgan fingerprint density at radius 1 is 1.09 bits per heavy atom. The van der Waals surface area contributed by atoms with Gasteiger partial charge in [-0.15, -0.1) is 0 Å². The minimum atomic E-state index is -0.923. The highest BCUT2D eigenvalue weighted by Crippen LogP contribution is 2.20. The maximum absolute atomic E-state index is 12.3. The van der Waals surface area contributed by atoms with Crippen LogP contribution in [0.1, 0.15) is 27.6 Å². The van der Waals surface area contributed by atoms with E-state index in [2.05, 4.69) is 0 Å². The van der Waals surface area contributed by atoms with E-state index < -0.39 is 12.1 Å². The Bertz CT molecular complexity index is 728. The van der Waals surface area contributed by atoms with Crippen molar-refractivity contribution in [2.45, 2.75) is 13.0 Å². The highest BCUT2D eigenvalue weighted by atomic mass is 35.5. The lowest BCUT2D eigenvalue weighted by atomic mass is 10.1. The van der Waals surface area contributed by atoms with E-state index in [0.29, 0.717) is 16.3 Å². The second-order valence-electron chi connectivity index (χ2n) is 4.88. The summed E-state index contributed by atoms with van der Waals surface area (Å²) in [6.07, 6.45) is -0.923. The number of benzene rings is 2. The first-order chi connectivity index (χ1) is 10.9. The number of methoxy groups -OCH3 is 1. The number of hydrogen-bond donors (Lipinski definition) is 1. The van der Waals surface area contributed by atoms with Crippen molar-refractivity contribution in [2.75, 3.05) is 12.8 Å². The second-order valence-corrected chi connectivity index (χ2v) is 5.28. The van der Waals surface area contributed by atoms with Gasteiger partial charge in [-0.25, -0.2) is 4.79 Å². The summed E-state index contributed by atoms with van der Waals surface area (Å²) in [6, 6.07) is 11.0. The molecule has 2 N–H and O–H groups in total. The van der Waals surface area contributed by atoms with Crippen LogP contribution in [0.15, 0.2) is 42.5 Å². The number of hydrogen-bond acceptors (Lipinski definition) is 5. The van der Waals surface area contributed by atoms with Crippen molar-refractivity contribution in [3.8, 4) is 5.75 Å². The number of anilines is 1. The quantitative estimate of drug-likeness (QED) is 0.515. The van der Waals surface area contributed by atoms with Gasteiger partial charge in [0.15, 0.2) is 6.10 Å². The largest absolute Gasteiger partial charge is 0.497 e. The molecule has 0 aromatic heterocycles. The monoisotopic (exact) mass is 333 g/mol. The molecule has 0 saturated carbocycles. The number of Topliss-reactive ketones (excluding diaryl/α,β-unsaturated/α-hetero) is 1. The van der Waals surface area contributed by atoms with Crippen molar-refractivity contribution in [2.24, 2.45) is 0 Å².